The zero-order valence-corrected chi connectivity index (χ0v) is 6.55. The molecule has 0 spiro atoms. The molecule has 13 heavy (non-hydrogen) atoms. The number of nitrogens with two attached hydrogens (primary N) is 1. The van der Waals surface area contributed by atoms with Gasteiger partial charge in [-0.1, -0.05) is 0 Å². The minimum absolute atomic E-state index is 0.0156. The predicted octanol–water partition coefficient (Wildman–Crippen LogP) is -2.20. The van der Waals surface area contributed by atoms with Crippen LogP contribution >= 0.6 is 0 Å². The van der Waals surface area contributed by atoms with Crippen LogP contribution in [0, 0.1) is 0 Å². The SMILES string of the molecule is Nc1nc(NCO)nc(C(O)O)n1. The normalized spacial score (nSPS) is 10.5. The molecule has 72 valence electrons. The third-order valence-corrected chi connectivity index (χ3v) is 1.14. The van der Waals surface area contributed by atoms with Crippen molar-refractivity contribution >= 4 is 11.9 Å². The average Bonchev–Trinajstić information content (AvgIpc) is 2.03. The summed E-state index contributed by atoms with van der Waals surface area (Å²) in [6.45, 7) is -0.385. The highest BCUT2D eigenvalue weighted by Crippen LogP contribution is 2.07. The van der Waals surface area contributed by atoms with Crippen molar-refractivity contribution in [1.29, 1.82) is 0 Å². The first-order valence-electron chi connectivity index (χ1n) is 3.36. The van der Waals surface area contributed by atoms with Crippen LogP contribution in [0.1, 0.15) is 12.1 Å². The summed E-state index contributed by atoms with van der Waals surface area (Å²) < 4.78 is 0. The van der Waals surface area contributed by atoms with E-state index in [-0.39, 0.29) is 24.5 Å². The molecule has 0 aromatic carbocycles. The van der Waals surface area contributed by atoms with Gasteiger partial charge in [-0.25, -0.2) is 0 Å². The molecular formula is C5H9N5O3. The molecule has 0 radical (unpaired) electrons. The van der Waals surface area contributed by atoms with Gasteiger partial charge in [0.25, 0.3) is 0 Å². The zero-order valence-electron chi connectivity index (χ0n) is 6.55. The van der Waals surface area contributed by atoms with E-state index in [9.17, 15) is 0 Å². The second-order valence-electron chi connectivity index (χ2n) is 2.08. The first-order chi connectivity index (χ1) is 6.13. The minimum Gasteiger partial charge on any atom is -0.376 e. The molecular weight excluding hydrogens is 178 g/mol. The summed E-state index contributed by atoms with van der Waals surface area (Å²) in [6, 6.07) is 0. The summed E-state index contributed by atoms with van der Waals surface area (Å²) in [7, 11) is 0. The van der Waals surface area contributed by atoms with Crippen LogP contribution in [0.3, 0.4) is 0 Å². The molecule has 0 bridgehead atoms. The van der Waals surface area contributed by atoms with Crippen molar-refractivity contribution in [2.45, 2.75) is 6.29 Å². The molecule has 6 N–H and O–H groups in total. The second-order valence-corrected chi connectivity index (χ2v) is 2.08. The Kier molecular flexibility index (Phi) is 2.90. The highest BCUT2D eigenvalue weighted by atomic mass is 16.5. The van der Waals surface area contributed by atoms with Crippen LogP contribution in [0.25, 0.3) is 0 Å². The third-order valence-electron chi connectivity index (χ3n) is 1.14. The van der Waals surface area contributed by atoms with Gasteiger partial charge >= 0.3 is 0 Å². The van der Waals surface area contributed by atoms with Crippen LogP contribution in [0.15, 0.2) is 0 Å². The number of hydrogen-bond donors (Lipinski definition) is 5. The molecule has 0 aliphatic carbocycles. The maximum atomic E-state index is 8.70. The molecule has 1 rings (SSSR count). The van der Waals surface area contributed by atoms with E-state index in [1.165, 1.54) is 0 Å². The van der Waals surface area contributed by atoms with Crippen LogP contribution in [-0.4, -0.2) is 37.0 Å². The fraction of sp³-hybridized carbons (Fsp3) is 0.400. The molecule has 0 atom stereocenters. The van der Waals surface area contributed by atoms with Gasteiger partial charge < -0.3 is 26.4 Å². The Morgan fingerprint density at radius 1 is 1.31 bits per heavy atom. The van der Waals surface area contributed by atoms with Crippen molar-refractivity contribution < 1.29 is 15.3 Å². The smallest absolute Gasteiger partial charge is 0.229 e. The molecule has 0 aliphatic heterocycles. The number of rotatable bonds is 3. The summed E-state index contributed by atoms with van der Waals surface area (Å²) in [4.78, 5) is 10.6. The zero-order chi connectivity index (χ0) is 9.84. The molecule has 0 saturated heterocycles. The highest BCUT2D eigenvalue weighted by molar-refractivity contribution is 5.30. The Balaban J connectivity index is 2.96. The van der Waals surface area contributed by atoms with Crippen molar-refractivity contribution in [3.05, 3.63) is 5.82 Å². The monoisotopic (exact) mass is 187 g/mol. The minimum atomic E-state index is -1.82. The Morgan fingerprint density at radius 3 is 2.54 bits per heavy atom. The molecule has 0 aliphatic rings. The van der Waals surface area contributed by atoms with E-state index in [2.05, 4.69) is 20.3 Å². The molecule has 0 fully saturated rings. The third kappa shape index (κ3) is 2.47. The van der Waals surface area contributed by atoms with Crippen molar-refractivity contribution in [3.63, 3.8) is 0 Å². The maximum absolute atomic E-state index is 8.70. The van der Waals surface area contributed by atoms with Crippen LogP contribution in [0.2, 0.25) is 0 Å². The maximum Gasteiger partial charge on any atom is 0.229 e. The average molecular weight is 187 g/mol. The van der Waals surface area contributed by atoms with Gasteiger partial charge in [-0.15, -0.1) is 0 Å². The quantitative estimate of drug-likeness (QED) is 0.336. The van der Waals surface area contributed by atoms with Gasteiger partial charge in [-0.05, 0) is 0 Å². The first kappa shape index (κ1) is 9.58. The molecule has 1 aromatic heterocycles. The van der Waals surface area contributed by atoms with E-state index in [0.29, 0.717) is 0 Å². The van der Waals surface area contributed by atoms with E-state index < -0.39 is 6.29 Å². The van der Waals surface area contributed by atoms with Gasteiger partial charge in [-0.3, -0.25) is 0 Å². The van der Waals surface area contributed by atoms with Gasteiger partial charge in [0, 0.05) is 0 Å². The van der Waals surface area contributed by atoms with E-state index in [1.54, 1.807) is 0 Å². The van der Waals surface area contributed by atoms with Crippen molar-refractivity contribution in [2.75, 3.05) is 17.8 Å². The molecule has 1 heterocycles. The number of aliphatic hydroxyl groups excluding tert-OH is 2. The van der Waals surface area contributed by atoms with Gasteiger partial charge in [0.15, 0.2) is 5.82 Å². The molecule has 0 amide bonds. The summed E-state index contributed by atoms with van der Waals surface area (Å²) in [5, 5.41) is 28.2. The molecule has 0 unspecified atom stereocenters. The first-order valence-corrected chi connectivity index (χ1v) is 3.36. The fourth-order valence-electron chi connectivity index (χ4n) is 0.675. The molecule has 8 heteroatoms. The fourth-order valence-corrected chi connectivity index (χ4v) is 0.675. The topological polar surface area (TPSA) is 137 Å². The number of aromatic nitrogens is 3. The van der Waals surface area contributed by atoms with Crippen LogP contribution in [0.4, 0.5) is 11.9 Å². The number of aliphatic hydroxyl groups is 3. The lowest BCUT2D eigenvalue weighted by Gasteiger charge is -2.05. The number of nitrogens with zero attached hydrogens (tertiary/aromatic N) is 3. The summed E-state index contributed by atoms with van der Waals surface area (Å²) in [5.41, 5.74) is 5.22. The van der Waals surface area contributed by atoms with Crippen molar-refractivity contribution in [1.82, 2.24) is 15.0 Å². The van der Waals surface area contributed by atoms with E-state index in [4.69, 9.17) is 21.1 Å². The number of anilines is 2. The van der Waals surface area contributed by atoms with E-state index in [1.807, 2.05) is 0 Å². The van der Waals surface area contributed by atoms with Crippen LogP contribution < -0.4 is 11.1 Å². The number of nitrogens with one attached hydrogen (secondary N) is 1. The summed E-state index contributed by atoms with van der Waals surface area (Å²) in [6.07, 6.45) is -1.82. The summed E-state index contributed by atoms with van der Waals surface area (Å²) >= 11 is 0. The Hall–Kier alpha value is -1.51. The number of nitrogen functional groups attached to an aromatic ring is 1. The van der Waals surface area contributed by atoms with E-state index >= 15 is 0 Å². The Labute approximate surface area is 73.1 Å². The molecule has 1 aromatic rings. The Bertz CT molecular complexity index is 291. The molecule has 8 nitrogen and oxygen atoms in total. The second kappa shape index (κ2) is 3.94. The van der Waals surface area contributed by atoms with Gasteiger partial charge in [0.05, 0.1) is 0 Å². The van der Waals surface area contributed by atoms with Crippen molar-refractivity contribution in [2.24, 2.45) is 0 Å². The van der Waals surface area contributed by atoms with E-state index in [0.717, 1.165) is 0 Å². The standard InChI is InChI=1S/C5H9N5O3/c6-4-8-2(3(12)13)9-5(10-4)7-1-11/h3,11-13H,1H2,(H3,6,7,8,9,10). The van der Waals surface area contributed by atoms with Gasteiger partial charge in [-0.2, -0.15) is 15.0 Å². The largest absolute Gasteiger partial charge is 0.376 e. The van der Waals surface area contributed by atoms with Gasteiger partial charge in [0.1, 0.15) is 6.73 Å². The molecule has 0 saturated carbocycles. The lowest BCUT2D eigenvalue weighted by Crippen LogP contribution is -2.12. The lowest BCUT2D eigenvalue weighted by molar-refractivity contribution is -0.0493. The van der Waals surface area contributed by atoms with Crippen LogP contribution in [-0.2, 0) is 0 Å². The summed E-state index contributed by atoms with van der Waals surface area (Å²) in [5.74, 6) is -0.449. The predicted molar refractivity (Wildman–Crippen MR) is 42.1 cm³/mol. The van der Waals surface area contributed by atoms with Gasteiger partial charge in [0.2, 0.25) is 18.2 Å². The van der Waals surface area contributed by atoms with Crippen LogP contribution in [0.5, 0.6) is 0 Å². The Morgan fingerprint density at radius 2 is 2.00 bits per heavy atom. The highest BCUT2D eigenvalue weighted by Gasteiger charge is 2.09. The van der Waals surface area contributed by atoms with Crippen molar-refractivity contribution in [3.8, 4) is 0 Å². The lowest BCUT2D eigenvalue weighted by atomic mass is 10.6. The number of hydrogen-bond acceptors (Lipinski definition) is 8.